The van der Waals surface area contributed by atoms with Crippen molar-refractivity contribution < 1.29 is 4.79 Å². The molecule has 2 heterocycles. The topological polar surface area (TPSA) is 26.8 Å². The van der Waals surface area contributed by atoms with Gasteiger partial charge in [-0.25, -0.2) is 0 Å². The first-order valence-corrected chi connectivity index (χ1v) is 8.71. The quantitative estimate of drug-likeness (QED) is 0.853. The molecule has 1 atom stereocenters. The van der Waals surface area contributed by atoms with Crippen LogP contribution in [0.4, 0.5) is 0 Å². The lowest BCUT2D eigenvalue weighted by molar-refractivity contribution is -0.133. The van der Waals surface area contributed by atoms with Crippen LogP contribution in [0.3, 0.4) is 0 Å². The number of likely N-dealkylation sites (N-methyl/N-ethyl adjacent to an activating group) is 1. The van der Waals surface area contributed by atoms with E-state index < -0.39 is 0 Å². The summed E-state index contributed by atoms with van der Waals surface area (Å²) >= 11 is 0. The van der Waals surface area contributed by atoms with Crippen molar-refractivity contribution in [2.24, 2.45) is 0 Å². The average molecular weight is 315 g/mol. The summed E-state index contributed by atoms with van der Waals surface area (Å²) in [6.45, 7) is 3.59. The third kappa shape index (κ3) is 3.43. The van der Waals surface area contributed by atoms with Crippen LogP contribution in [0, 0.1) is 0 Å². The van der Waals surface area contributed by atoms with Crippen molar-refractivity contribution >= 4 is 5.91 Å². The first kappa shape index (κ1) is 16.5. The number of amides is 1. The minimum absolute atomic E-state index is 0.125. The molecule has 1 unspecified atom stereocenters. The second-order valence-corrected chi connectivity index (χ2v) is 7.50. The molecule has 0 aromatic heterocycles. The molecule has 4 heteroatoms. The Hall–Kier alpha value is -1.39. The van der Waals surface area contributed by atoms with Crippen molar-refractivity contribution in [3.05, 3.63) is 35.4 Å². The SMILES string of the molecule is CN(C)CCC(=O)N1Cc2ccccc2CC2(CCCN2C)C1. The summed E-state index contributed by atoms with van der Waals surface area (Å²) in [5.74, 6) is 0.287. The molecule has 1 amide bonds. The van der Waals surface area contributed by atoms with E-state index in [0.29, 0.717) is 6.42 Å². The first-order valence-electron chi connectivity index (χ1n) is 8.71. The van der Waals surface area contributed by atoms with Crippen LogP contribution in [0.15, 0.2) is 24.3 Å². The zero-order valence-corrected chi connectivity index (χ0v) is 14.7. The average Bonchev–Trinajstić information content (AvgIpc) is 2.77. The van der Waals surface area contributed by atoms with Gasteiger partial charge in [0, 0.05) is 31.6 Å². The van der Waals surface area contributed by atoms with Crippen LogP contribution in [0.1, 0.15) is 30.4 Å². The summed E-state index contributed by atoms with van der Waals surface area (Å²) in [6, 6.07) is 8.66. The second-order valence-electron chi connectivity index (χ2n) is 7.50. The number of benzene rings is 1. The van der Waals surface area contributed by atoms with Crippen LogP contribution in [0.25, 0.3) is 0 Å². The number of likely N-dealkylation sites (tertiary alicyclic amines) is 1. The molecule has 4 nitrogen and oxygen atoms in total. The molecule has 0 saturated carbocycles. The molecule has 1 spiro atoms. The number of fused-ring (bicyclic) bond motifs is 1. The van der Waals surface area contributed by atoms with Crippen LogP contribution < -0.4 is 0 Å². The number of carbonyl (C=O) groups excluding carboxylic acids is 1. The zero-order chi connectivity index (χ0) is 16.4. The van der Waals surface area contributed by atoms with Crippen molar-refractivity contribution in [1.82, 2.24) is 14.7 Å². The molecule has 0 aliphatic carbocycles. The van der Waals surface area contributed by atoms with Gasteiger partial charge in [-0.3, -0.25) is 9.69 Å². The van der Waals surface area contributed by atoms with Gasteiger partial charge in [0.05, 0.1) is 0 Å². The molecule has 1 aromatic carbocycles. The van der Waals surface area contributed by atoms with Gasteiger partial charge in [-0.05, 0) is 58.1 Å². The van der Waals surface area contributed by atoms with Gasteiger partial charge in [0.15, 0.2) is 0 Å². The smallest absolute Gasteiger partial charge is 0.224 e. The second kappa shape index (κ2) is 6.62. The van der Waals surface area contributed by atoms with Crippen LogP contribution >= 0.6 is 0 Å². The van der Waals surface area contributed by atoms with E-state index in [9.17, 15) is 4.79 Å². The van der Waals surface area contributed by atoms with Gasteiger partial charge in [0.2, 0.25) is 5.91 Å². The van der Waals surface area contributed by atoms with E-state index in [-0.39, 0.29) is 11.4 Å². The van der Waals surface area contributed by atoms with Gasteiger partial charge < -0.3 is 9.80 Å². The lowest BCUT2D eigenvalue weighted by atomic mass is 9.87. The highest BCUT2D eigenvalue weighted by Crippen LogP contribution is 2.36. The minimum atomic E-state index is 0.125. The van der Waals surface area contributed by atoms with Gasteiger partial charge in [0.1, 0.15) is 0 Å². The molecule has 126 valence electrons. The van der Waals surface area contributed by atoms with Crippen LogP contribution in [-0.4, -0.2) is 66.9 Å². The van der Waals surface area contributed by atoms with Crippen molar-refractivity contribution in [2.45, 2.75) is 37.8 Å². The fourth-order valence-electron chi connectivity index (χ4n) is 4.06. The maximum absolute atomic E-state index is 12.8. The van der Waals surface area contributed by atoms with Gasteiger partial charge in [-0.2, -0.15) is 0 Å². The summed E-state index contributed by atoms with van der Waals surface area (Å²) in [7, 11) is 6.28. The van der Waals surface area contributed by atoms with Crippen molar-refractivity contribution in [2.75, 3.05) is 40.8 Å². The minimum Gasteiger partial charge on any atom is -0.336 e. The van der Waals surface area contributed by atoms with E-state index in [1.807, 2.05) is 14.1 Å². The number of hydrogen-bond donors (Lipinski definition) is 0. The van der Waals surface area contributed by atoms with Gasteiger partial charge in [0.25, 0.3) is 0 Å². The molecule has 1 fully saturated rings. The molecule has 2 aliphatic heterocycles. The monoisotopic (exact) mass is 315 g/mol. The Morgan fingerprint density at radius 2 is 2.00 bits per heavy atom. The number of hydrogen-bond acceptors (Lipinski definition) is 3. The van der Waals surface area contributed by atoms with Crippen LogP contribution in [-0.2, 0) is 17.8 Å². The summed E-state index contributed by atoms with van der Waals surface area (Å²) in [5, 5.41) is 0. The summed E-state index contributed by atoms with van der Waals surface area (Å²) in [4.78, 5) is 19.5. The van der Waals surface area contributed by atoms with Gasteiger partial charge >= 0.3 is 0 Å². The molecule has 23 heavy (non-hydrogen) atoms. The summed E-state index contributed by atoms with van der Waals surface area (Å²) in [5.41, 5.74) is 2.87. The fourth-order valence-corrected chi connectivity index (χ4v) is 4.06. The van der Waals surface area contributed by atoms with Crippen molar-refractivity contribution in [1.29, 1.82) is 0 Å². The van der Waals surface area contributed by atoms with Crippen molar-refractivity contribution in [3.63, 3.8) is 0 Å². The third-order valence-corrected chi connectivity index (χ3v) is 5.56. The molecule has 0 bridgehead atoms. The van der Waals surface area contributed by atoms with Crippen molar-refractivity contribution in [3.8, 4) is 0 Å². The largest absolute Gasteiger partial charge is 0.336 e. The Balaban J connectivity index is 1.87. The number of nitrogens with zero attached hydrogens (tertiary/aromatic N) is 3. The van der Waals surface area contributed by atoms with E-state index in [1.54, 1.807) is 0 Å². The van der Waals surface area contributed by atoms with E-state index >= 15 is 0 Å². The Morgan fingerprint density at radius 3 is 2.65 bits per heavy atom. The van der Waals surface area contributed by atoms with E-state index in [0.717, 1.165) is 32.6 Å². The Kier molecular flexibility index (Phi) is 4.74. The number of rotatable bonds is 3. The molecule has 1 aromatic rings. The van der Waals surface area contributed by atoms with E-state index in [4.69, 9.17) is 0 Å². The molecule has 1 saturated heterocycles. The lowest BCUT2D eigenvalue weighted by Crippen LogP contribution is -2.52. The lowest BCUT2D eigenvalue weighted by Gasteiger charge is -2.38. The molecule has 3 rings (SSSR count). The molecule has 2 aliphatic rings. The normalized spacial score (nSPS) is 25.0. The Labute approximate surface area is 140 Å². The van der Waals surface area contributed by atoms with Crippen LogP contribution in [0.5, 0.6) is 0 Å². The molecule has 0 radical (unpaired) electrons. The molecular weight excluding hydrogens is 286 g/mol. The highest BCUT2D eigenvalue weighted by atomic mass is 16.2. The first-order chi connectivity index (χ1) is 11.0. The van der Waals surface area contributed by atoms with E-state index in [1.165, 1.54) is 24.0 Å². The highest BCUT2D eigenvalue weighted by molar-refractivity contribution is 5.76. The van der Waals surface area contributed by atoms with Gasteiger partial charge in [-0.15, -0.1) is 0 Å². The maximum atomic E-state index is 12.8. The standard InChI is InChI=1S/C19H29N3O/c1-20(2)12-9-18(23)22-14-17-8-5-4-7-16(17)13-19(15-22)10-6-11-21(19)3/h4-5,7-8H,6,9-15H2,1-3H3. The zero-order valence-electron chi connectivity index (χ0n) is 14.7. The van der Waals surface area contributed by atoms with Crippen LogP contribution in [0.2, 0.25) is 0 Å². The maximum Gasteiger partial charge on any atom is 0.224 e. The predicted molar refractivity (Wildman–Crippen MR) is 93.3 cm³/mol. The predicted octanol–water partition coefficient (Wildman–Crippen LogP) is 1.99. The fraction of sp³-hybridized carbons (Fsp3) is 0.632. The van der Waals surface area contributed by atoms with E-state index in [2.05, 4.69) is 46.0 Å². The Bertz CT molecular complexity index is 571. The highest BCUT2D eigenvalue weighted by Gasteiger charge is 2.43. The Morgan fingerprint density at radius 1 is 1.26 bits per heavy atom. The number of carbonyl (C=O) groups is 1. The molecule has 0 N–H and O–H groups in total. The van der Waals surface area contributed by atoms with Gasteiger partial charge in [-0.1, -0.05) is 24.3 Å². The summed E-state index contributed by atoms with van der Waals surface area (Å²) in [6.07, 6.45) is 4.10. The molecular formula is C19H29N3O. The summed E-state index contributed by atoms with van der Waals surface area (Å²) < 4.78 is 0. The third-order valence-electron chi connectivity index (χ3n) is 5.56.